The van der Waals surface area contributed by atoms with E-state index >= 15 is 0 Å². The lowest BCUT2D eigenvalue weighted by atomic mass is 9.92. The first-order chi connectivity index (χ1) is 14.0. The van der Waals surface area contributed by atoms with Gasteiger partial charge in [-0.25, -0.2) is 4.31 Å². The van der Waals surface area contributed by atoms with Crippen molar-refractivity contribution in [1.82, 2.24) is 4.31 Å². The molecule has 1 nitrogen and oxygen atoms in total. The molecule has 2 heteroatoms. The number of hydrogen-bond acceptors (Lipinski definition) is 2. The van der Waals surface area contributed by atoms with E-state index in [0.717, 1.165) is 19.5 Å². The van der Waals surface area contributed by atoms with E-state index in [1.807, 2.05) is 18.0 Å². The van der Waals surface area contributed by atoms with Crippen molar-refractivity contribution in [2.75, 3.05) is 13.1 Å². The van der Waals surface area contributed by atoms with Crippen molar-refractivity contribution < 1.29 is 0 Å². The lowest BCUT2D eigenvalue weighted by Crippen LogP contribution is -2.21. The van der Waals surface area contributed by atoms with Gasteiger partial charge in [0.1, 0.15) is 0 Å². The van der Waals surface area contributed by atoms with E-state index < -0.39 is 0 Å². The smallest absolute Gasteiger partial charge is 0.0279 e. The molecule has 0 amide bonds. The molecule has 2 aromatic rings. The van der Waals surface area contributed by atoms with E-state index in [1.165, 1.54) is 43.9 Å². The van der Waals surface area contributed by atoms with Crippen molar-refractivity contribution in [3.63, 3.8) is 0 Å². The van der Waals surface area contributed by atoms with Crippen molar-refractivity contribution in [2.24, 2.45) is 0 Å². The summed E-state index contributed by atoms with van der Waals surface area (Å²) >= 11 is 1.87. The third-order valence-electron chi connectivity index (χ3n) is 5.65. The molecule has 29 heavy (non-hydrogen) atoms. The Morgan fingerprint density at radius 2 is 1.79 bits per heavy atom. The Bertz CT molecular complexity index is 960. The molecule has 0 unspecified atom stereocenters. The van der Waals surface area contributed by atoms with Gasteiger partial charge in [-0.05, 0) is 91.1 Å². The SMILES string of the molecule is C=C/C(C)=C(C)\C(=C/C)c1ccc(C2=CCN(Sc3ccccc3C)CC2)cc1. The summed E-state index contributed by atoms with van der Waals surface area (Å²) in [6.45, 7) is 14.5. The maximum Gasteiger partial charge on any atom is 0.0279 e. The summed E-state index contributed by atoms with van der Waals surface area (Å²) in [5.41, 5.74) is 9.20. The fourth-order valence-electron chi connectivity index (χ4n) is 3.62. The predicted octanol–water partition coefficient (Wildman–Crippen LogP) is 7.72. The van der Waals surface area contributed by atoms with Crippen LogP contribution in [0, 0.1) is 6.92 Å². The van der Waals surface area contributed by atoms with Crippen LogP contribution in [0.15, 0.2) is 89.4 Å². The highest BCUT2D eigenvalue weighted by Crippen LogP contribution is 2.32. The minimum atomic E-state index is 0.983. The van der Waals surface area contributed by atoms with Gasteiger partial charge >= 0.3 is 0 Å². The van der Waals surface area contributed by atoms with E-state index in [4.69, 9.17) is 0 Å². The maximum atomic E-state index is 3.91. The third-order valence-corrected chi connectivity index (χ3v) is 6.89. The zero-order valence-corrected chi connectivity index (χ0v) is 18.9. The van der Waals surface area contributed by atoms with Crippen LogP contribution in [0.4, 0.5) is 0 Å². The molecule has 0 aliphatic carbocycles. The number of rotatable bonds is 6. The van der Waals surface area contributed by atoms with Gasteiger partial charge in [0.15, 0.2) is 0 Å². The number of nitrogens with zero attached hydrogens (tertiary/aromatic N) is 1. The summed E-state index contributed by atoms with van der Waals surface area (Å²) in [5, 5.41) is 0. The van der Waals surface area contributed by atoms with Crippen LogP contribution < -0.4 is 0 Å². The minimum absolute atomic E-state index is 0.983. The highest BCUT2D eigenvalue weighted by molar-refractivity contribution is 7.97. The average Bonchev–Trinajstić information content (AvgIpc) is 2.76. The summed E-state index contributed by atoms with van der Waals surface area (Å²) in [7, 11) is 0. The first kappa shape index (κ1) is 21.4. The second-order valence-corrected chi connectivity index (χ2v) is 8.65. The van der Waals surface area contributed by atoms with Gasteiger partial charge in [-0.3, -0.25) is 0 Å². The average molecular weight is 402 g/mol. The van der Waals surface area contributed by atoms with Crippen LogP contribution in [0.2, 0.25) is 0 Å². The molecule has 1 aliphatic heterocycles. The molecule has 3 rings (SSSR count). The molecule has 1 aliphatic rings. The molecule has 2 aromatic carbocycles. The Balaban J connectivity index is 1.70. The number of aryl methyl sites for hydroxylation is 1. The Morgan fingerprint density at radius 3 is 2.38 bits per heavy atom. The Morgan fingerprint density at radius 1 is 1.07 bits per heavy atom. The minimum Gasteiger partial charge on any atom is -0.242 e. The van der Waals surface area contributed by atoms with Crippen LogP contribution in [-0.2, 0) is 0 Å². The Hall–Kier alpha value is -2.29. The summed E-state index contributed by atoms with van der Waals surface area (Å²) in [6.07, 6.45) is 7.59. The topological polar surface area (TPSA) is 3.24 Å². The van der Waals surface area contributed by atoms with E-state index in [1.54, 1.807) is 0 Å². The quantitative estimate of drug-likeness (QED) is 0.360. The molecule has 0 fully saturated rings. The Labute approximate surface area is 180 Å². The van der Waals surface area contributed by atoms with Gasteiger partial charge in [-0.1, -0.05) is 67.3 Å². The molecule has 0 bridgehead atoms. The van der Waals surface area contributed by atoms with Gasteiger partial charge in [0.05, 0.1) is 0 Å². The Kier molecular flexibility index (Phi) is 7.35. The summed E-state index contributed by atoms with van der Waals surface area (Å²) < 4.78 is 2.45. The van der Waals surface area contributed by atoms with Crippen molar-refractivity contribution in [3.8, 4) is 0 Å². The summed E-state index contributed by atoms with van der Waals surface area (Å²) in [4.78, 5) is 1.35. The van der Waals surface area contributed by atoms with E-state index in [2.05, 4.69) is 99.3 Å². The van der Waals surface area contributed by atoms with E-state index in [9.17, 15) is 0 Å². The van der Waals surface area contributed by atoms with Crippen molar-refractivity contribution in [3.05, 3.63) is 101 Å². The van der Waals surface area contributed by atoms with Crippen LogP contribution >= 0.6 is 11.9 Å². The van der Waals surface area contributed by atoms with Crippen molar-refractivity contribution >= 4 is 23.1 Å². The van der Waals surface area contributed by atoms with Gasteiger partial charge in [0, 0.05) is 18.0 Å². The molecular weight excluding hydrogens is 370 g/mol. The maximum absolute atomic E-state index is 3.91. The van der Waals surface area contributed by atoms with Gasteiger partial charge in [-0.2, -0.15) is 0 Å². The molecule has 0 spiro atoms. The van der Waals surface area contributed by atoms with Crippen LogP contribution in [0.1, 0.15) is 43.9 Å². The van der Waals surface area contributed by atoms with Crippen LogP contribution in [0.3, 0.4) is 0 Å². The first-order valence-electron chi connectivity index (χ1n) is 10.3. The number of allylic oxidation sites excluding steroid dienone is 5. The first-order valence-corrected chi connectivity index (χ1v) is 11.1. The third kappa shape index (κ3) is 5.20. The second kappa shape index (κ2) is 9.96. The van der Waals surface area contributed by atoms with E-state index in [-0.39, 0.29) is 0 Å². The molecule has 150 valence electrons. The molecule has 0 N–H and O–H groups in total. The number of benzene rings is 2. The highest BCUT2D eigenvalue weighted by atomic mass is 32.2. The lowest BCUT2D eigenvalue weighted by Gasteiger charge is -2.26. The van der Waals surface area contributed by atoms with Gasteiger partial charge in [-0.15, -0.1) is 0 Å². The zero-order valence-electron chi connectivity index (χ0n) is 18.0. The standard InChI is InChI=1S/C27H31NS/c1-6-20(3)22(5)26(7-2)25-14-12-23(13-15-25)24-16-18-28(19-17-24)29-27-11-9-8-10-21(27)4/h6-16H,1,17-19H2,2-5H3/b22-20-,26-7+. The highest BCUT2D eigenvalue weighted by Gasteiger charge is 2.15. The van der Waals surface area contributed by atoms with Crippen molar-refractivity contribution in [2.45, 2.75) is 39.0 Å². The molecule has 0 saturated carbocycles. The van der Waals surface area contributed by atoms with Crippen LogP contribution in [-0.4, -0.2) is 17.4 Å². The van der Waals surface area contributed by atoms with Crippen LogP contribution in [0.25, 0.3) is 11.1 Å². The zero-order chi connectivity index (χ0) is 20.8. The molecule has 0 aromatic heterocycles. The van der Waals surface area contributed by atoms with Gasteiger partial charge in [0.25, 0.3) is 0 Å². The van der Waals surface area contributed by atoms with Crippen molar-refractivity contribution in [1.29, 1.82) is 0 Å². The largest absolute Gasteiger partial charge is 0.242 e. The normalized spacial score (nSPS) is 16.3. The fraction of sp³-hybridized carbons (Fsp3) is 0.259. The molecule has 0 atom stereocenters. The molecule has 1 heterocycles. The lowest BCUT2D eigenvalue weighted by molar-refractivity contribution is 0.516. The second-order valence-electron chi connectivity index (χ2n) is 7.52. The fourth-order valence-corrected chi connectivity index (χ4v) is 4.58. The predicted molar refractivity (Wildman–Crippen MR) is 130 cm³/mol. The van der Waals surface area contributed by atoms with Gasteiger partial charge < -0.3 is 0 Å². The van der Waals surface area contributed by atoms with E-state index in [0.29, 0.717) is 0 Å². The molecule has 0 radical (unpaired) electrons. The summed E-state index contributed by atoms with van der Waals surface area (Å²) in [6, 6.07) is 17.7. The van der Waals surface area contributed by atoms with Crippen LogP contribution in [0.5, 0.6) is 0 Å². The monoisotopic (exact) mass is 401 g/mol. The molecule has 0 saturated heterocycles. The van der Waals surface area contributed by atoms with Gasteiger partial charge in [0.2, 0.25) is 0 Å². The number of hydrogen-bond donors (Lipinski definition) is 0. The molecular formula is C27H31NS. The summed E-state index contributed by atoms with van der Waals surface area (Å²) in [5.74, 6) is 0.